The van der Waals surface area contributed by atoms with E-state index < -0.39 is 0 Å². The number of hydrogen-bond acceptors (Lipinski definition) is 6. The fourth-order valence-corrected chi connectivity index (χ4v) is 4.65. The highest BCUT2D eigenvalue weighted by Crippen LogP contribution is 2.37. The lowest BCUT2D eigenvalue weighted by Crippen LogP contribution is -2.48. The third kappa shape index (κ3) is 3.88. The van der Waals surface area contributed by atoms with Crippen LogP contribution in [-0.2, 0) is 16.1 Å². The third-order valence-corrected chi connectivity index (χ3v) is 6.46. The number of benzene rings is 2. The van der Waals surface area contributed by atoms with Gasteiger partial charge in [-0.2, -0.15) is 0 Å². The van der Waals surface area contributed by atoms with Gasteiger partial charge in [-0.3, -0.25) is 14.5 Å². The van der Waals surface area contributed by atoms with Crippen LogP contribution in [0.1, 0.15) is 5.56 Å². The zero-order chi connectivity index (χ0) is 20.5. The second-order valence-electron chi connectivity index (χ2n) is 7.35. The number of rotatable bonds is 3. The molecule has 0 spiro atoms. The predicted molar refractivity (Wildman–Crippen MR) is 113 cm³/mol. The Labute approximate surface area is 178 Å². The molecule has 30 heavy (non-hydrogen) atoms. The maximum Gasteiger partial charge on any atom is 0.262 e. The minimum absolute atomic E-state index is 0.116. The first-order chi connectivity index (χ1) is 14.7. The van der Waals surface area contributed by atoms with Crippen LogP contribution in [0.4, 0.5) is 5.69 Å². The van der Waals surface area contributed by atoms with Gasteiger partial charge in [-0.15, -0.1) is 0 Å². The maximum absolute atomic E-state index is 12.7. The fourth-order valence-electron chi connectivity index (χ4n) is 3.73. The molecule has 5 rings (SSSR count). The van der Waals surface area contributed by atoms with Gasteiger partial charge in [0.1, 0.15) is 0 Å². The molecule has 0 aromatic heterocycles. The summed E-state index contributed by atoms with van der Waals surface area (Å²) in [5.41, 5.74) is 1.95. The molecule has 2 aromatic carbocycles. The Kier molecular flexibility index (Phi) is 5.10. The van der Waals surface area contributed by atoms with Crippen LogP contribution < -0.4 is 14.8 Å². The van der Waals surface area contributed by atoms with Gasteiger partial charge in [0.2, 0.25) is 12.7 Å². The number of nitrogens with one attached hydrogen (secondary N) is 1. The Morgan fingerprint density at radius 3 is 2.73 bits per heavy atom. The summed E-state index contributed by atoms with van der Waals surface area (Å²) in [6, 6.07) is 13.6. The number of thioether (sulfide) groups is 1. The first-order valence-corrected chi connectivity index (χ1v) is 10.7. The minimum atomic E-state index is -0.228. The highest BCUT2D eigenvalue weighted by molar-refractivity contribution is 8.04. The van der Waals surface area contributed by atoms with Crippen LogP contribution in [0.15, 0.2) is 58.3 Å². The van der Waals surface area contributed by atoms with Crippen LogP contribution in [0.5, 0.6) is 11.5 Å². The Morgan fingerprint density at radius 1 is 1.07 bits per heavy atom. The van der Waals surface area contributed by atoms with Gasteiger partial charge in [0, 0.05) is 43.7 Å². The van der Waals surface area contributed by atoms with Gasteiger partial charge in [-0.1, -0.05) is 30.0 Å². The summed E-state index contributed by atoms with van der Waals surface area (Å²) in [6.07, 6.45) is 1.46. The van der Waals surface area contributed by atoms with E-state index in [9.17, 15) is 9.59 Å². The molecular formula is C22H21N3O4S. The number of fused-ring (bicyclic) bond motifs is 2. The van der Waals surface area contributed by atoms with E-state index in [1.54, 1.807) is 4.90 Å². The summed E-state index contributed by atoms with van der Waals surface area (Å²) in [4.78, 5) is 30.5. The molecule has 8 heteroatoms. The van der Waals surface area contributed by atoms with Crippen molar-refractivity contribution in [2.75, 3.05) is 38.3 Å². The number of para-hydroxylation sites is 1. The molecule has 1 saturated heterocycles. The molecule has 1 N–H and O–H groups in total. The summed E-state index contributed by atoms with van der Waals surface area (Å²) < 4.78 is 10.8. The number of carbonyl (C=O) groups is 2. The van der Waals surface area contributed by atoms with Crippen molar-refractivity contribution in [3.63, 3.8) is 0 Å². The smallest absolute Gasteiger partial charge is 0.262 e. The van der Waals surface area contributed by atoms with Crippen molar-refractivity contribution in [3.8, 4) is 11.5 Å². The Bertz CT molecular complexity index is 1030. The molecule has 0 atom stereocenters. The summed E-state index contributed by atoms with van der Waals surface area (Å²) >= 11 is 1.34. The molecule has 2 amide bonds. The Morgan fingerprint density at radius 2 is 1.87 bits per heavy atom. The average Bonchev–Trinajstić information content (AvgIpc) is 3.23. The van der Waals surface area contributed by atoms with Gasteiger partial charge in [0.15, 0.2) is 11.5 Å². The second-order valence-corrected chi connectivity index (χ2v) is 8.43. The van der Waals surface area contributed by atoms with Gasteiger partial charge in [0.05, 0.1) is 10.6 Å². The van der Waals surface area contributed by atoms with Crippen molar-refractivity contribution in [1.82, 2.24) is 9.80 Å². The van der Waals surface area contributed by atoms with Crippen molar-refractivity contribution in [2.24, 2.45) is 0 Å². The van der Waals surface area contributed by atoms with Crippen LogP contribution in [0.25, 0.3) is 0 Å². The van der Waals surface area contributed by atoms with Gasteiger partial charge in [-0.05, 0) is 29.8 Å². The third-order valence-electron chi connectivity index (χ3n) is 5.36. The first-order valence-electron chi connectivity index (χ1n) is 9.85. The normalized spacial score (nSPS) is 19.5. The van der Waals surface area contributed by atoms with E-state index in [1.807, 2.05) is 42.5 Å². The lowest BCUT2D eigenvalue weighted by molar-refractivity contribution is -0.128. The minimum Gasteiger partial charge on any atom is -0.454 e. The van der Waals surface area contributed by atoms with E-state index >= 15 is 0 Å². The van der Waals surface area contributed by atoms with E-state index in [4.69, 9.17) is 9.47 Å². The lowest BCUT2D eigenvalue weighted by Gasteiger charge is -2.34. The Balaban J connectivity index is 1.18. The highest BCUT2D eigenvalue weighted by Gasteiger charge is 2.25. The average molecular weight is 423 g/mol. The number of ether oxygens (including phenoxy) is 2. The van der Waals surface area contributed by atoms with Gasteiger partial charge < -0.3 is 19.7 Å². The van der Waals surface area contributed by atoms with Crippen molar-refractivity contribution in [2.45, 2.75) is 11.4 Å². The number of amides is 2. The van der Waals surface area contributed by atoms with Crippen molar-refractivity contribution >= 4 is 29.3 Å². The Hall–Kier alpha value is -2.97. The molecule has 0 saturated carbocycles. The van der Waals surface area contributed by atoms with Crippen LogP contribution in [0.3, 0.4) is 0 Å². The molecule has 0 aliphatic carbocycles. The molecule has 0 unspecified atom stereocenters. The predicted octanol–water partition coefficient (Wildman–Crippen LogP) is 2.69. The van der Waals surface area contributed by atoms with Gasteiger partial charge in [0.25, 0.3) is 5.91 Å². The zero-order valence-electron chi connectivity index (χ0n) is 16.3. The second kappa shape index (κ2) is 8.04. The number of anilines is 1. The summed E-state index contributed by atoms with van der Waals surface area (Å²) in [5.74, 6) is 1.23. The van der Waals surface area contributed by atoms with Crippen LogP contribution >= 0.6 is 11.8 Å². The fraction of sp³-hybridized carbons (Fsp3) is 0.273. The van der Waals surface area contributed by atoms with E-state index in [0.717, 1.165) is 47.3 Å². The molecule has 2 aromatic rings. The largest absolute Gasteiger partial charge is 0.454 e. The number of carbonyl (C=O) groups excluding carboxylic acids is 2. The molecule has 3 aliphatic heterocycles. The summed E-state index contributed by atoms with van der Waals surface area (Å²) in [5, 5.41) is 2.84. The lowest BCUT2D eigenvalue weighted by atomic mass is 10.1. The quantitative estimate of drug-likeness (QED) is 0.766. The van der Waals surface area contributed by atoms with E-state index in [2.05, 4.69) is 10.2 Å². The van der Waals surface area contributed by atoms with E-state index in [-0.39, 0.29) is 18.6 Å². The van der Waals surface area contributed by atoms with Gasteiger partial charge in [-0.25, -0.2) is 0 Å². The number of piperazine rings is 1. The maximum atomic E-state index is 12.7. The van der Waals surface area contributed by atoms with Crippen LogP contribution in [-0.4, -0.2) is 54.6 Å². The molecule has 154 valence electrons. The monoisotopic (exact) mass is 423 g/mol. The van der Waals surface area contributed by atoms with E-state index in [1.165, 1.54) is 17.8 Å². The molecule has 3 aliphatic rings. The van der Waals surface area contributed by atoms with Gasteiger partial charge >= 0.3 is 0 Å². The first kappa shape index (κ1) is 19.0. The van der Waals surface area contributed by atoms with Crippen LogP contribution in [0, 0.1) is 0 Å². The number of hydrogen-bond donors (Lipinski definition) is 1. The molecule has 0 radical (unpaired) electrons. The summed E-state index contributed by atoms with van der Waals surface area (Å²) in [6.45, 7) is 3.91. The standard InChI is InChI=1S/C22H21N3O4S/c26-21(12-20-22(27)23-16-3-1-2-4-19(16)30-20)25-9-7-24(8-10-25)13-15-5-6-17-18(11-15)29-14-28-17/h1-6,11-12H,7-10,13-14H2,(H,23,27)/b20-12-. The molecular weight excluding hydrogens is 402 g/mol. The SMILES string of the molecule is O=C1Nc2ccccc2S/C1=C\C(=O)N1CCN(Cc2ccc3c(c2)OCO3)CC1. The van der Waals surface area contributed by atoms with E-state index in [0.29, 0.717) is 18.0 Å². The van der Waals surface area contributed by atoms with Crippen molar-refractivity contribution < 1.29 is 19.1 Å². The molecule has 7 nitrogen and oxygen atoms in total. The summed E-state index contributed by atoms with van der Waals surface area (Å²) in [7, 11) is 0. The van der Waals surface area contributed by atoms with Crippen molar-refractivity contribution in [1.29, 1.82) is 0 Å². The molecule has 3 heterocycles. The topological polar surface area (TPSA) is 71.1 Å². The zero-order valence-corrected chi connectivity index (χ0v) is 17.1. The molecule has 1 fully saturated rings. The highest BCUT2D eigenvalue weighted by atomic mass is 32.2. The molecule has 0 bridgehead atoms. The van der Waals surface area contributed by atoms with Crippen molar-refractivity contribution in [3.05, 3.63) is 59.0 Å². The van der Waals surface area contributed by atoms with Crippen LogP contribution in [0.2, 0.25) is 0 Å². The number of nitrogens with zero attached hydrogens (tertiary/aromatic N) is 2.